The van der Waals surface area contributed by atoms with Crippen molar-refractivity contribution >= 4 is 37.6 Å². The number of rotatable bonds is 2. The number of phenols is 2. The molecule has 0 saturated heterocycles. The Balaban J connectivity index is 2.56. The van der Waals surface area contributed by atoms with Gasteiger partial charge in [-0.15, -0.1) is 0 Å². The van der Waals surface area contributed by atoms with Crippen LogP contribution in [0.2, 0.25) is 0 Å². The molecule has 0 saturated carbocycles. The first-order valence-electron chi connectivity index (χ1n) is 5.02. The molecule has 3 nitrogen and oxygen atoms in total. The average Bonchev–Trinajstić information content (AvgIpc) is 2.41. The number of hydrogen-bond acceptors (Lipinski definition) is 3. The van der Waals surface area contributed by atoms with Gasteiger partial charge in [-0.05, 0) is 37.9 Å². The minimum absolute atomic E-state index is 0.0937. The lowest BCUT2D eigenvalue weighted by Crippen LogP contribution is -2.02. The Bertz CT molecular complexity index is 609. The summed E-state index contributed by atoms with van der Waals surface area (Å²) in [4.78, 5) is 12.2. The smallest absolute Gasteiger partial charge is 0.196 e. The Hall–Kier alpha value is -1.33. The van der Waals surface area contributed by atoms with Crippen LogP contribution in [-0.4, -0.2) is 16.0 Å². The van der Waals surface area contributed by atoms with Crippen LogP contribution in [0.1, 0.15) is 15.9 Å². The third kappa shape index (κ3) is 2.28. The van der Waals surface area contributed by atoms with Crippen molar-refractivity contribution in [1.82, 2.24) is 0 Å². The van der Waals surface area contributed by atoms with Gasteiger partial charge in [0.1, 0.15) is 16.0 Å². The zero-order chi connectivity index (χ0) is 13.3. The molecule has 0 aliphatic carbocycles. The average molecular weight is 372 g/mol. The molecule has 5 heteroatoms. The maximum Gasteiger partial charge on any atom is 0.196 e. The Kier molecular flexibility index (Phi) is 3.73. The second-order valence-electron chi connectivity index (χ2n) is 3.61. The molecule has 0 amide bonds. The molecule has 0 spiro atoms. The molecule has 2 rings (SSSR count). The van der Waals surface area contributed by atoms with Gasteiger partial charge in [0.25, 0.3) is 0 Å². The van der Waals surface area contributed by atoms with E-state index in [1.807, 2.05) is 0 Å². The summed E-state index contributed by atoms with van der Waals surface area (Å²) < 4.78 is 0.433. The topological polar surface area (TPSA) is 57.5 Å². The molecular formula is C13H8Br2O3. The summed E-state index contributed by atoms with van der Waals surface area (Å²) in [5.41, 5.74) is 0.593. The van der Waals surface area contributed by atoms with Gasteiger partial charge < -0.3 is 10.2 Å². The normalized spacial score (nSPS) is 10.3. The molecule has 0 fully saturated rings. The van der Waals surface area contributed by atoms with Crippen LogP contribution >= 0.6 is 31.9 Å². The fraction of sp³-hybridized carbons (Fsp3) is 0. The number of hydrogen-bond donors (Lipinski definition) is 2. The van der Waals surface area contributed by atoms with Crippen molar-refractivity contribution in [3.63, 3.8) is 0 Å². The van der Waals surface area contributed by atoms with Gasteiger partial charge in [0.15, 0.2) is 5.78 Å². The second-order valence-corrected chi connectivity index (χ2v) is 5.26. The third-order valence-corrected chi connectivity index (χ3v) is 3.80. The molecule has 0 unspecified atom stereocenters. The molecule has 0 aromatic heterocycles. The lowest BCUT2D eigenvalue weighted by Gasteiger charge is -2.09. The van der Waals surface area contributed by atoms with Crippen LogP contribution in [0.3, 0.4) is 0 Å². The summed E-state index contributed by atoms with van der Waals surface area (Å²) in [7, 11) is 0. The molecule has 2 aromatic carbocycles. The maximum absolute atomic E-state index is 12.2. The quantitative estimate of drug-likeness (QED) is 0.788. The molecular weight excluding hydrogens is 364 g/mol. The molecule has 0 bridgehead atoms. The van der Waals surface area contributed by atoms with Gasteiger partial charge in [0.05, 0.1) is 10.0 Å². The van der Waals surface area contributed by atoms with Crippen molar-refractivity contribution in [2.75, 3.05) is 0 Å². The van der Waals surface area contributed by atoms with E-state index < -0.39 is 0 Å². The van der Waals surface area contributed by atoms with Crippen molar-refractivity contribution in [3.8, 4) is 11.5 Å². The number of benzene rings is 2. The molecule has 0 aliphatic rings. The number of carbonyl (C=O) groups is 1. The fourth-order valence-electron chi connectivity index (χ4n) is 1.52. The summed E-state index contributed by atoms with van der Waals surface area (Å²) in [5, 5.41) is 19.5. The number of aromatic hydroxyl groups is 2. The summed E-state index contributed by atoms with van der Waals surface area (Å²) in [5.74, 6) is -0.726. The van der Waals surface area contributed by atoms with Crippen LogP contribution in [0, 0.1) is 0 Å². The zero-order valence-electron chi connectivity index (χ0n) is 9.02. The maximum atomic E-state index is 12.2. The lowest BCUT2D eigenvalue weighted by atomic mass is 10.0. The van der Waals surface area contributed by atoms with Gasteiger partial charge in [-0.3, -0.25) is 4.79 Å². The van der Waals surface area contributed by atoms with E-state index in [2.05, 4.69) is 31.9 Å². The van der Waals surface area contributed by atoms with E-state index in [0.29, 0.717) is 10.0 Å². The minimum atomic E-state index is -0.311. The Morgan fingerprint density at radius 3 is 2.22 bits per heavy atom. The minimum Gasteiger partial charge on any atom is -0.506 e. The monoisotopic (exact) mass is 370 g/mol. The van der Waals surface area contributed by atoms with Gasteiger partial charge in [0, 0.05) is 5.56 Å². The van der Waals surface area contributed by atoms with Crippen LogP contribution in [0.5, 0.6) is 11.5 Å². The Labute approximate surface area is 120 Å². The lowest BCUT2D eigenvalue weighted by molar-refractivity contribution is 0.103. The van der Waals surface area contributed by atoms with Crippen molar-refractivity contribution in [3.05, 3.63) is 56.5 Å². The summed E-state index contributed by atoms with van der Waals surface area (Å²) in [6.07, 6.45) is 0. The largest absolute Gasteiger partial charge is 0.506 e. The van der Waals surface area contributed by atoms with Crippen molar-refractivity contribution in [1.29, 1.82) is 0 Å². The van der Waals surface area contributed by atoms with Crippen LogP contribution in [-0.2, 0) is 0 Å². The van der Waals surface area contributed by atoms with E-state index >= 15 is 0 Å². The Morgan fingerprint density at radius 2 is 1.61 bits per heavy atom. The zero-order valence-corrected chi connectivity index (χ0v) is 12.2. The SMILES string of the molecule is O=C(c1ccccc1)c1cc(Br)c(O)c(Br)c1O. The van der Waals surface area contributed by atoms with Gasteiger partial charge >= 0.3 is 0 Å². The summed E-state index contributed by atoms with van der Waals surface area (Å²) >= 11 is 6.17. The highest BCUT2D eigenvalue weighted by atomic mass is 79.9. The molecule has 0 radical (unpaired) electrons. The van der Waals surface area contributed by atoms with Gasteiger partial charge in [0.2, 0.25) is 0 Å². The first-order valence-corrected chi connectivity index (χ1v) is 6.60. The summed E-state index contributed by atoms with van der Waals surface area (Å²) in [6, 6.07) is 10.0. The Morgan fingerprint density at radius 1 is 1.00 bits per heavy atom. The van der Waals surface area contributed by atoms with E-state index in [-0.39, 0.29) is 27.3 Å². The number of ketones is 1. The second kappa shape index (κ2) is 5.12. The van der Waals surface area contributed by atoms with Crippen LogP contribution in [0.4, 0.5) is 0 Å². The molecule has 0 aliphatic heterocycles. The highest BCUT2D eigenvalue weighted by Crippen LogP contribution is 2.41. The van der Waals surface area contributed by atoms with Gasteiger partial charge in [-0.1, -0.05) is 30.3 Å². The van der Waals surface area contributed by atoms with E-state index in [1.54, 1.807) is 30.3 Å². The number of phenolic OH excluding ortho intramolecular Hbond substituents is 2. The van der Waals surface area contributed by atoms with E-state index in [1.165, 1.54) is 6.07 Å². The fourth-order valence-corrected chi connectivity index (χ4v) is 2.64. The first kappa shape index (κ1) is 13.1. The predicted molar refractivity (Wildman–Crippen MR) is 75.0 cm³/mol. The van der Waals surface area contributed by atoms with Crippen molar-refractivity contribution in [2.24, 2.45) is 0 Å². The van der Waals surface area contributed by atoms with Crippen molar-refractivity contribution < 1.29 is 15.0 Å². The van der Waals surface area contributed by atoms with E-state index in [0.717, 1.165) is 0 Å². The predicted octanol–water partition coefficient (Wildman–Crippen LogP) is 3.85. The molecule has 2 N–H and O–H groups in total. The molecule has 18 heavy (non-hydrogen) atoms. The highest BCUT2D eigenvalue weighted by molar-refractivity contribution is 9.11. The van der Waals surface area contributed by atoms with Gasteiger partial charge in [-0.25, -0.2) is 0 Å². The third-order valence-electron chi connectivity index (χ3n) is 2.45. The van der Waals surface area contributed by atoms with Crippen LogP contribution < -0.4 is 0 Å². The highest BCUT2D eigenvalue weighted by Gasteiger charge is 2.20. The van der Waals surface area contributed by atoms with Crippen molar-refractivity contribution in [2.45, 2.75) is 0 Å². The molecule has 2 aromatic rings. The first-order chi connectivity index (χ1) is 8.52. The van der Waals surface area contributed by atoms with Gasteiger partial charge in [-0.2, -0.15) is 0 Å². The van der Waals surface area contributed by atoms with Crippen LogP contribution in [0.25, 0.3) is 0 Å². The van der Waals surface area contributed by atoms with E-state index in [9.17, 15) is 15.0 Å². The number of carbonyl (C=O) groups excluding carboxylic acids is 1. The standard InChI is InChI=1S/C13H8Br2O3/c14-9-6-8(12(17)10(15)13(9)18)11(16)7-4-2-1-3-5-7/h1-6,17-18H. The van der Waals surface area contributed by atoms with Crippen LogP contribution in [0.15, 0.2) is 45.3 Å². The molecule has 0 atom stereocenters. The van der Waals surface area contributed by atoms with E-state index in [4.69, 9.17) is 0 Å². The summed E-state index contributed by atoms with van der Waals surface area (Å²) in [6.45, 7) is 0. The number of halogens is 2. The molecule has 0 heterocycles. The molecule has 92 valence electrons.